The second-order valence-corrected chi connectivity index (χ2v) is 5.71. The molecule has 24 heavy (non-hydrogen) atoms. The average molecular weight is 447 g/mol. The summed E-state index contributed by atoms with van der Waals surface area (Å²) in [6.45, 7) is 7.35. The molecule has 0 saturated carbocycles. The van der Waals surface area contributed by atoms with Crippen molar-refractivity contribution in [3.8, 4) is 0 Å². The molecular formula is C15H26IN7O. The minimum atomic E-state index is 0. The Hall–Kier alpha value is -1.65. The maximum absolute atomic E-state index is 11.6. The van der Waals surface area contributed by atoms with Crippen LogP contribution < -0.4 is 10.6 Å². The molecule has 0 spiro atoms. The maximum atomic E-state index is 11.6. The molecular weight excluding hydrogens is 421 g/mol. The van der Waals surface area contributed by atoms with Crippen LogP contribution in [0.4, 0.5) is 0 Å². The summed E-state index contributed by atoms with van der Waals surface area (Å²) in [6.07, 6.45) is 3.15. The van der Waals surface area contributed by atoms with Gasteiger partial charge < -0.3 is 20.1 Å². The van der Waals surface area contributed by atoms with Crippen molar-refractivity contribution in [1.29, 1.82) is 0 Å². The van der Waals surface area contributed by atoms with Crippen molar-refractivity contribution in [1.82, 2.24) is 30.3 Å². The molecule has 1 fully saturated rings. The third-order valence-electron chi connectivity index (χ3n) is 3.94. The molecule has 8 nitrogen and oxygen atoms in total. The van der Waals surface area contributed by atoms with Gasteiger partial charge in [-0.1, -0.05) is 6.08 Å². The first kappa shape index (κ1) is 20.4. The number of guanidine groups is 1. The zero-order chi connectivity index (χ0) is 16.8. The van der Waals surface area contributed by atoms with Gasteiger partial charge in [0.25, 0.3) is 0 Å². The minimum absolute atomic E-state index is 0. The van der Waals surface area contributed by atoms with Crippen LogP contribution in [-0.2, 0) is 18.4 Å². The van der Waals surface area contributed by atoms with E-state index in [1.54, 1.807) is 11.0 Å². The third kappa shape index (κ3) is 5.46. The number of carbonyl (C=O) groups is 1. The quantitative estimate of drug-likeness (QED) is 0.299. The van der Waals surface area contributed by atoms with E-state index in [9.17, 15) is 4.79 Å². The lowest BCUT2D eigenvalue weighted by molar-refractivity contribution is -0.132. The number of halogens is 1. The van der Waals surface area contributed by atoms with Gasteiger partial charge in [0.1, 0.15) is 12.4 Å². The molecule has 2 heterocycles. The molecule has 134 valence electrons. The molecule has 1 atom stereocenters. The summed E-state index contributed by atoms with van der Waals surface area (Å²) in [5, 5.41) is 14.7. The van der Waals surface area contributed by atoms with Crippen LogP contribution in [0.3, 0.4) is 0 Å². The molecule has 1 aliphatic rings. The molecule has 1 amide bonds. The predicted molar refractivity (Wildman–Crippen MR) is 104 cm³/mol. The van der Waals surface area contributed by atoms with Crippen LogP contribution in [0.1, 0.15) is 24.5 Å². The summed E-state index contributed by atoms with van der Waals surface area (Å²) >= 11 is 0. The van der Waals surface area contributed by atoms with E-state index in [0.29, 0.717) is 32.0 Å². The third-order valence-corrected chi connectivity index (χ3v) is 3.94. The first-order valence-corrected chi connectivity index (χ1v) is 7.75. The summed E-state index contributed by atoms with van der Waals surface area (Å²) < 4.78 is 1.92. The molecule has 0 radical (unpaired) electrons. The molecule has 2 rings (SSSR count). The molecule has 9 heteroatoms. The van der Waals surface area contributed by atoms with Crippen LogP contribution in [-0.4, -0.2) is 57.7 Å². The first-order chi connectivity index (χ1) is 11.0. The van der Waals surface area contributed by atoms with Crippen LogP contribution in [0, 0.1) is 6.92 Å². The molecule has 0 aromatic carbocycles. The van der Waals surface area contributed by atoms with Crippen molar-refractivity contribution < 1.29 is 4.79 Å². The Kier molecular flexibility index (Phi) is 8.16. The molecule has 1 aliphatic heterocycles. The lowest BCUT2D eigenvalue weighted by Crippen LogP contribution is -2.51. The van der Waals surface area contributed by atoms with E-state index in [0.717, 1.165) is 18.1 Å². The van der Waals surface area contributed by atoms with Gasteiger partial charge in [-0.2, -0.15) is 0 Å². The van der Waals surface area contributed by atoms with Gasteiger partial charge in [-0.25, -0.2) is 4.99 Å². The van der Waals surface area contributed by atoms with Crippen molar-refractivity contribution in [3.63, 3.8) is 0 Å². The number of aryl methyl sites for hydroxylation is 1. The largest absolute Gasteiger partial charge is 0.353 e. The molecule has 1 aromatic rings. The Morgan fingerprint density at radius 2 is 2.21 bits per heavy atom. The standard InChI is InChI=1S/C15H25N7O.HI/c1-5-8-16-15(17-9-13-20-19-11(2)22(13)4)18-12-6-7-14(23)21(3)10-12;/h5,12H,1,6-10H2,2-4H3,(H2,16,17,18);1H. The number of rotatable bonds is 5. The van der Waals surface area contributed by atoms with E-state index >= 15 is 0 Å². The molecule has 0 bridgehead atoms. The summed E-state index contributed by atoms with van der Waals surface area (Å²) in [4.78, 5) is 17.9. The zero-order valence-corrected chi connectivity index (χ0v) is 16.8. The number of likely N-dealkylation sites (N-methyl/N-ethyl adjacent to an activating group) is 1. The highest BCUT2D eigenvalue weighted by atomic mass is 127. The fourth-order valence-electron chi connectivity index (χ4n) is 2.38. The average Bonchev–Trinajstić information content (AvgIpc) is 2.85. The molecule has 0 aliphatic carbocycles. The Balaban J connectivity index is 0.00000288. The van der Waals surface area contributed by atoms with Crippen molar-refractivity contribution in [2.45, 2.75) is 32.4 Å². The summed E-state index contributed by atoms with van der Waals surface area (Å²) in [6, 6.07) is 0.190. The van der Waals surface area contributed by atoms with Gasteiger partial charge in [0, 0.05) is 39.6 Å². The molecule has 1 saturated heterocycles. The first-order valence-electron chi connectivity index (χ1n) is 7.75. The van der Waals surface area contributed by atoms with Gasteiger partial charge in [-0.15, -0.1) is 40.8 Å². The molecule has 1 unspecified atom stereocenters. The number of aliphatic imine (C=N–C) groups is 1. The lowest BCUT2D eigenvalue weighted by atomic mass is 10.1. The lowest BCUT2D eigenvalue weighted by Gasteiger charge is -2.31. The molecule has 1 aromatic heterocycles. The van der Waals surface area contributed by atoms with Crippen molar-refractivity contribution in [2.24, 2.45) is 12.0 Å². The van der Waals surface area contributed by atoms with Gasteiger partial charge in [-0.3, -0.25) is 4.79 Å². The van der Waals surface area contributed by atoms with E-state index in [2.05, 4.69) is 32.4 Å². The van der Waals surface area contributed by atoms with E-state index < -0.39 is 0 Å². The predicted octanol–water partition coefficient (Wildman–Crippen LogP) is 0.584. The van der Waals surface area contributed by atoms with Gasteiger partial charge in [0.2, 0.25) is 5.91 Å². The van der Waals surface area contributed by atoms with Crippen LogP contribution >= 0.6 is 24.0 Å². The van der Waals surface area contributed by atoms with E-state index in [4.69, 9.17) is 0 Å². The number of nitrogens with one attached hydrogen (secondary N) is 2. The number of amides is 1. The highest BCUT2D eigenvalue weighted by molar-refractivity contribution is 14.0. The summed E-state index contributed by atoms with van der Waals surface area (Å²) in [7, 11) is 3.75. The van der Waals surface area contributed by atoms with Gasteiger partial charge in [-0.05, 0) is 13.3 Å². The highest BCUT2D eigenvalue weighted by Gasteiger charge is 2.23. The number of likely N-dealkylation sites (tertiary alicyclic amines) is 1. The minimum Gasteiger partial charge on any atom is -0.353 e. The number of carbonyl (C=O) groups excluding carboxylic acids is 1. The van der Waals surface area contributed by atoms with Crippen molar-refractivity contribution in [3.05, 3.63) is 24.3 Å². The highest BCUT2D eigenvalue weighted by Crippen LogP contribution is 2.09. The number of nitrogens with zero attached hydrogens (tertiary/aromatic N) is 5. The fraction of sp³-hybridized carbons (Fsp3) is 0.600. The topological polar surface area (TPSA) is 87.4 Å². The number of piperidine rings is 1. The smallest absolute Gasteiger partial charge is 0.222 e. The van der Waals surface area contributed by atoms with Gasteiger partial charge >= 0.3 is 0 Å². The Morgan fingerprint density at radius 1 is 1.46 bits per heavy atom. The van der Waals surface area contributed by atoms with E-state index in [-0.39, 0.29) is 35.9 Å². The van der Waals surface area contributed by atoms with Crippen molar-refractivity contribution in [2.75, 3.05) is 20.1 Å². The second-order valence-electron chi connectivity index (χ2n) is 5.71. The number of hydrogen-bond donors (Lipinski definition) is 2. The van der Waals surface area contributed by atoms with Crippen LogP contribution in [0.2, 0.25) is 0 Å². The fourth-order valence-corrected chi connectivity index (χ4v) is 2.38. The van der Waals surface area contributed by atoms with E-state index in [1.807, 2.05) is 25.6 Å². The van der Waals surface area contributed by atoms with E-state index in [1.165, 1.54) is 0 Å². The monoisotopic (exact) mass is 447 g/mol. The van der Waals surface area contributed by atoms with Crippen LogP contribution in [0.5, 0.6) is 0 Å². The van der Waals surface area contributed by atoms with Gasteiger partial charge in [0.05, 0.1) is 0 Å². The second kappa shape index (κ2) is 9.60. The van der Waals surface area contributed by atoms with Gasteiger partial charge in [0.15, 0.2) is 11.8 Å². The normalized spacial score (nSPS) is 18.1. The Bertz CT molecular complexity index is 599. The van der Waals surface area contributed by atoms with Crippen LogP contribution in [0.15, 0.2) is 17.6 Å². The number of hydrogen-bond acceptors (Lipinski definition) is 4. The SMILES string of the molecule is C=CCNC(=NCc1nnc(C)n1C)NC1CCC(=O)N(C)C1.I. The van der Waals surface area contributed by atoms with Crippen LogP contribution in [0.25, 0.3) is 0 Å². The number of aromatic nitrogens is 3. The summed E-state index contributed by atoms with van der Waals surface area (Å²) in [5.41, 5.74) is 0. The summed E-state index contributed by atoms with van der Waals surface area (Å²) in [5.74, 6) is 2.54. The molecule has 2 N–H and O–H groups in total. The van der Waals surface area contributed by atoms with Crippen molar-refractivity contribution >= 4 is 35.8 Å². The maximum Gasteiger partial charge on any atom is 0.222 e. The Labute approximate surface area is 159 Å². The zero-order valence-electron chi connectivity index (χ0n) is 14.4. The Morgan fingerprint density at radius 3 is 2.79 bits per heavy atom.